The molecule has 26 heavy (non-hydrogen) atoms. The van der Waals surface area contributed by atoms with Crippen LogP contribution < -0.4 is 0 Å². The number of carbonyl (C=O) groups is 1. The molecule has 3 N–H and O–H groups in total. The van der Waals surface area contributed by atoms with Gasteiger partial charge in [0.2, 0.25) is 0 Å². The number of carboxylic acid groups (broad SMARTS) is 1. The average molecular weight is 360 g/mol. The Morgan fingerprint density at radius 3 is 2.65 bits per heavy atom. The topological polar surface area (TPSA) is 77.8 Å². The van der Waals surface area contributed by atoms with E-state index in [9.17, 15) is 15.0 Å². The molecule has 0 radical (unpaired) electrons. The van der Waals surface area contributed by atoms with Gasteiger partial charge in [-0.25, -0.2) is 0 Å². The molecule has 0 amide bonds. The lowest BCUT2D eigenvalue weighted by Crippen LogP contribution is -2.50. The van der Waals surface area contributed by atoms with Gasteiger partial charge in [-0.3, -0.25) is 4.79 Å². The second-order valence-electron chi connectivity index (χ2n) is 8.41. The van der Waals surface area contributed by atoms with E-state index in [0.29, 0.717) is 24.2 Å². The average Bonchev–Trinajstić information content (AvgIpc) is 2.64. The number of hydrogen-bond donors (Lipinski definition) is 3. The van der Waals surface area contributed by atoms with Crippen LogP contribution in [-0.4, -0.2) is 33.5 Å². The first-order valence-electron chi connectivity index (χ1n) is 10.3. The number of fused-ring (bicyclic) bond motifs is 1. The molecule has 0 heterocycles. The molecule has 0 bridgehead atoms. The van der Waals surface area contributed by atoms with Gasteiger partial charge in [-0.1, -0.05) is 49.7 Å². The molecule has 0 aromatic carbocycles. The van der Waals surface area contributed by atoms with Crippen molar-refractivity contribution in [3.05, 3.63) is 11.6 Å². The Kier molecular flexibility index (Phi) is 6.42. The van der Waals surface area contributed by atoms with E-state index < -0.39 is 18.2 Å². The van der Waals surface area contributed by atoms with Crippen LogP contribution in [0.5, 0.6) is 0 Å². The zero-order valence-electron chi connectivity index (χ0n) is 15.7. The lowest BCUT2D eigenvalue weighted by Gasteiger charge is -2.53. The molecule has 0 aromatic rings. The maximum absolute atomic E-state index is 10.7. The minimum absolute atomic E-state index is 0.0707. The maximum Gasteiger partial charge on any atom is 0.303 e. The fraction of sp³-hybridized carbons (Fsp3) is 0.773. The van der Waals surface area contributed by atoms with Crippen molar-refractivity contribution in [1.82, 2.24) is 0 Å². The molecule has 3 fully saturated rings. The molecule has 3 rings (SSSR count). The number of aliphatic hydroxyl groups is 2. The van der Waals surface area contributed by atoms with Crippen LogP contribution in [0.4, 0.5) is 0 Å². The van der Waals surface area contributed by atoms with Crippen molar-refractivity contribution in [3.8, 4) is 11.8 Å². The molecule has 4 heteroatoms. The molecule has 0 spiro atoms. The predicted molar refractivity (Wildman–Crippen MR) is 100 cm³/mol. The zero-order chi connectivity index (χ0) is 18.7. The first-order chi connectivity index (χ1) is 12.5. The third-order valence-corrected chi connectivity index (χ3v) is 6.83. The Labute approximate surface area is 156 Å². The van der Waals surface area contributed by atoms with Crippen LogP contribution in [-0.2, 0) is 4.79 Å². The van der Waals surface area contributed by atoms with E-state index in [4.69, 9.17) is 5.11 Å². The summed E-state index contributed by atoms with van der Waals surface area (Å²) >= 11 is 0. The lowest BCUT2D eigenvalue weighted by atomic mass is 9.51. The van der Waals surface area contributed by atoms with Crippen LogP contribution in [0.2, 0.25) is 0 Å². The van der Waals surface area contributed by atoms with E-state index in [2.05, 4.69) is 24.8 Å². The van der Waals surface area contributed by atoms with Crippen molar-refractivity contribution in [1.29, 1.82) is 0 Å². The van der Waals surface area contributed by atoms with Crippen molar-refractivity contribution in [3.63, 3.8) is 0 Å². The molecule has 4 nitrogen and oxygen atoms in total. The summed E-state index contributed by atoms with van der Waals surface area (Å²) in [7, 11) is 0. The fourth-order valence-corrected chi connectivity index (χ4v) is 5.36. The lowest BCUT2D eigenvalue weighted by molar-refractivity contribution is -0.136. The second-order valence-corrected chi connectivity index (χ2v) is 8.41. The van der Waals surface area contributed by atoms with E-state index >= 15 is 0 Å². The Morgan fingerprint density at radius 1 is 1.23 bits per heavy atom. The Balaban J connectivity index is 1.65. The summed E-state index contributed by atoms with van der Waals surface area (Å²) in [4.78, 5) is 10.7. The highest BCUT2D eigenvalue weighted by molar-refractivity contribution is 5.66. The van der Waals surface area contributed by atoms with E-state index in [1.165, 1.54) is 24.8 Å². The number of aliphatic hydroxyl groups excluding tert-OH is 2. The first-order valence-corrected chi connectivity index (χ1v) is 10.3. The molecule has 0 saturated heterocycles. The van der Waals surface area contributed by atoms with Crippen molar-refractivity contribution < 1.29 is 20.1 Å². The van der Waals surface area contributed by atoms with Gasteiger partial charge in [-0.05, 0) is 55.8 Å². The van der Waals surface area contributed by atoms with Crippen molar-refractivity contribution in [2.24, 2.45) is 29.6 Å². The van der Waals surface area contributed by atoms with Crippen molar-refractivity contribution in [2.45, 2.75) is 76.9 Å². The molecule has 144 valence electrons. The Morgan fingerprint density at radius 2 is 1.96 bits per heavy atom. The largest absolute Gasteiger partial charge is 0.481 e. The SMILES string of the molecule is CC1C(=CCCC(=O)O)[C@H]2CC[C@@H](O)[C@H](C#CC(O)C3CCCCC3)[C@@H]12. The quantitative estimate of drug-likeness (QED) is 0.530. The van der Waals surface area contributed by atoms with Crippen molar-refractivity contribution in [2.75, 3.05) is 0 Å². The zero-order valence-corrected chi connectivity index (χ0v) is 15.7. The van der Waals surface area contributed by atoms with Gasteiger partial charge in [0.1, 0.15) is 6.10 Å². The number of hydrogen-bond acceptors (Lipinski definition) is 3. The number of allylic oxidation sites excluding steroid dienone is 2. The molecule has 0 aliphatic heterocycles. The molecule has 2 unspecified atom stereocenters. The van der Waals surface area contributed by atoms with Gasteiger partial charge in [-0.15, -0.1) is 0 Å². The van der Waals surface area contributed by atoms with Gasteiger partial charge in [0, 0.05) is 6.42 Å². The first kappa shape index (κ1) is 19.5. The van der Waals surface area contributed by atoms with E-state index in [1.54, 1.807) is 0 Å². The predicted octanol–water partition coefficient (Wildman–Crippen LogP) is 3.38. The highest BCUT2D eigenvalue weighted by Crippen LogP contribution is 2.55. The molecule has 0 aromatic heterocycles. The van der Waals surface area contributed by atoms with Gasteiger partial charge in [0.15, 0.2) is 0 Å². The molecule has 3 aliphatic rings. The summed E-state index contributed by atoms with van der Waals surface area (Å²) in [6.07, 6.45) is 9.31. The van der Waals surface area contributed by atoms with E-state index in [0.717, 1.165) is 25.7 Å². The third kappa shape index (κ3) is 4.15. The Bertz CT molecular complexity index is 593. The molecule has 6 atom stereocenters. The van der Waals surface area contributed by atoms with Gasteiger partial charge in [-0.2, -0.15) is 0 Å². The molecule has 3 saturated carbocycles. The smallest absolute Gasteiger partial charge is 0.303 e. The summed E-state index contributed by atoms with van der Waals surface area (Å²) in [5.41, 5.74) is 1.35. The van der Waals surface area contributed by atoms with Gasteiger partial charge in [0.25, 0.3) is 0 Å². The minimum Gasteiger partial charge on any atom is -0.481 e. The normalized spacial score (nSPS) is 37.2. The molecular formula is C22H32O4. The summed E-state index contributed by atoms with van der Waals surface area (Å²) in [6.45, 7) is 2.16. The van der Waals surface area contributed by atoms with Crippen LogP contribution in [0.3, 0.4) is 0 Å². The van der Waals surface area contributed by atoms with Gasteiger partial charge < -0.3 is 15.3 Å². The fourth-order valence-electron chi connectivity index (χ4n) is 5.36. The second kappa shape index (κ2) is 8.59. The summed E-state index contributed by atoms with van der Waals surface area (Å²) < 4.78 is 0. The minimum atomic E-state index is -0.759. The third-order valence-electron chi connectivity index (χ3n) is 6.83. The number of rotatable bonds is 4. The van der Waals surface area contributed by atoms with E-state index in [1.807, 2.05) is 0 Å². The standard InChI is InChI=1S/C22H32O4/c1-14-16(8-5-9-21(25)26)17-10-13-20(24)18(22(14)17)11-12-19(23)15-6-3-2-4-7-15/h8,14-15,17-20,22-24H,2-7,9-10,13H2,1H3,(H,25,26)/t14?,17-,18+,19?,20-,22+/m1/s1. The summed E-state index contributed by atoms with van der Waals surface area (Å²) in [5, 5.41) is 29.7. The van der Waals surface area contributed by atoms with Crippen LogP contribution in [0.15, 0.2) is 11.6 Å². The number of carboxylic acids is 1. The van der Waals surface area contributed by atoms with Gasteiger partial charge >= 0.3 is 5.97 Å². The van der Waals surface area contributed by atoms with Crippen LogP contribution in [0.25, 0.3) is 0 Å². The highest BCUT2D eigenvalue weighted by Gasteiger charge is 2.51. The number of aliphatic carboxylic acids is 1. The van der Waals surface area contributed by atoms with Crippen molar-refractivity contribution >= 4 is 5.97 Å². The molecule has 3 aliphatic carbocycles. The molecular weight excluding hydrogens is 328 g/mol. The van der Waals surface area contributed by atoms with E-state index in [-0.39, 0.29) is 18.3 Å². The summed E-state index contributed by atoms with van der Waals surface area (Å²) in [5.74, 6) is 6.89. The van der Waals surface area contributed by atoms with Gasteiger partial charge in [0.05, 0.1) is 12.0 Å². The van der Waals surface area contributed by atoms with Crippen LogP contribution in [0, 0.1) is 41.4 Å². The monoisotopic (exact) mass is 360 g/mol. The Hall–Kier alpha value is -1.31. The highest BCUT2D eigenvalue weighted by atomic mass is 16.4. The van der Waals surface area contributed by atoms with Crippen LogP contribution in [0.1, 0.15) is 64.7 Å². The summed E-state index contributed by atoms with van der Waals surface area (Å²) in [6, 6.07) is 0. The van der Waals surface area contributed by atoms with Crippen LogP contribution >= 0.6 is 0 Å². The maximum atomic E-state index is 10.7.